The van der Waals surface area contributed by atoms with Crippen LogP contribution in [0.5, 0.6) is 0 Å². The van der Waals surface area contributed by atoms with E-state index in [1.54, 1.807) is 0 Å². The minimum atomic E-state index is -0.859. The molecule has 98 valence electrons. The van der Waals surface area contributed by atoms with Crippen molar-refractivity contribution in [2.45, 2.75) is 19.8 Å². The van der Waals surface area contributed by atoms with Gasteiger partial charge in [-0.2, -0.15) is 0 Å². The summed E-state index contributed by atoms with van der Waals surface area (Å²) in [5.41, 5.74) is 0. The van der Waals surface area contributed by atoms with Crippen LogP contribution >= 0.6 is 0 Å². The lowest BCUT2D eigenvalue weighted by Crippen LogP contribution is -2.58. The van der Waals surface area contributed by atoms with E-state index in [4.69, 9.17) is 0 Å². The normalized spacial score (nSPS) is 23.9. The number of carbonyl (C=O) groups excluding carboxylic acids is 4. The molecule has 1 saturated heterocycles. The Balaban J connectivity index is 1.83. The summed E-state index contributed by atoms with van der Waals surface area (Å²) in [6.45, 7) is 1.75. The molecule has 5 amide bonds. The fraction of sp³-hybridized carbons (Fsp3) is 0.636. The second kappa shape index (κ2) is 4.75. The van der Waals surface area contributed by atoms with Gasteiger partial charge in [-0.15, -0.1) is 0 Å². The SMILES string of the molecule is CC1C(=O)NC(=O)N(CCNC(=O)C2CC2)C1=O. The van der Waals surface area contributed by atoms with E-state index in [2.05, 4.69) is 10.6 Å². The zero-order valence-electron chi connectivity index (χ0n) is 10.1. The van der Waals surface area contributed by atoms with Gasteiger partial charge in [-0.05, 0) is 19.8 Å². The molecule has 0 radical (unpaired) electrons. The Morgan fingerprint density at radius 3 is 2.67 bits per heavy atom. The van der Waals surface area contributed by atoms with Crippen molar-refractivity contribution in [3.63, 3.8) is 0 Å². The number of carbonyl (C=O) groups is 4. The summed E-state index contributed by atoms with van der Waals surface area (Å²) in [5, 5.41) is 4.76. The zero-order chi connectivity index (χ0) is 13.3. The fourth-order valence-corrected chi connectivity index (χ4v) is 1.72. The van der Waals surface area contributed by atoms with E-state index in [1.807, 2.05) is 0 Å². The smallest absolute Gasteiger partial charge is 0.330 e. The van der Waals surface area contributed by atoms with Crippen LogP contribution in [0.2, 0.25) is 0 Å². The number of hydrogen-bond acceptors (Lipinski definition) is 4. The molecule has 1 heterocycles. The molecule has 2 fully saturated rings. The van der Waals surface area contributed by atoms with Crippen molar-refractivity contribution in [2.75, 3.05) is 13.1 Å². The molecule has 2 aliphatic rings. The van der Waals surface area contributed by atoms with Gasteiger partial charge in [0, 0.05) is 19.0 Å². The largest absolute Gasteiger partial charge is 0.354 e. The lowest BCUT2D eigenvalue weighted by atomic mass is 10.1. The van der Waals surface area contributed by atoms with Crippen LogP contribution in [0.15, 0.2) is 0 Å². The molecule has 7 heteroatoms. The highest BCUT2D eigenvalue weighted by molar-refractivity contribution is 6.15. The van der Waals surface area contributed by atoms with E-state index in [0.717, 1.165) is 17.7 Å². The minimum Gasteiger partial charge on any atom is -0.354 e. The summed E-state index contributed by atoms with van der Waals surface area (Å²) < 4.78 is 0. The molecular formula is C11H15N3O4. The summed E-state index contributed by atoms with van der Waals surface area (Å²) in [4.78, 5) is 46.6. The molecular weight excluding hydrogens is 238 g/mol. The van der Waals surface area contributed by atoms with Crippen LogP contribution in [0.4, 0.5) is 4.79 Å². The second-order valence-corrected chi connectivity index (χ2v) is 4.57. The molecule has 1 saturated carbocycles. The summed E-state index contributed by atoms with van der Waals surface area (Å²) in [7, 11) is 0. The first-order chi connectivity index (χ1) is 8.50. The average molecular weight is 253 g/mol. The van der Waals surface area contributed by atoms with Crippen LogP contribution in [0, 0.1) is 11.8 Å². The van der Waals surface area contributed by atoms with E-state index in [9.17, 15) is 19.2 Å². The highest BCUT2D eigenvalue weighted by Gasteiger charge is 2.37. The van der Waals surface area contributed by atoms with Crippen molar-refractivity contribution in [1.29, 1.82) is 0 Å². The quantitative estimate of drug-likeness (QED) is 0.643. The Morgan fingerprint density at radius 2 is 2.06 bits per heavy atom. The predicted octanol–water partition coefficient (Wildman–Crippen LogP) is -0.773. The molecule has 0 aromatic rings. The van der Waals surface area contributed by atoms with Crippen molar-refractivity contribution in [2.24, 2.45) is 11.8 Å². The molecule has 7 nitrogen and oxygen atoms in total. The Bertz CT molecular complexity index is 417. The molecule has 0 spiro atoms. The Kier molecular flexibility index (Phi) is 3.31. The lowest BCUT2D eigenvalue weighted by molar-refractivity contribution is -0.142. The highest BCUT2D eigenvalue weighted by Crippen LogP contribution is 2.28. The van der Waals surface area contributed by atoms with Gasteiger partial charge in [-0.3, -0.25) is 24.6 Å². The Morgan fingerprint density at radius 1 is 1.39 bits per heavy atom. The van der Waals surface area contributed by atoms with Crippen molar-refractivity contribution < 1.29 is 19.2 Å². The first kappa shape index (κ1) is 12.5. The summed E-state index contributed by atoms with van der Waals surface area (Å²) in [6, 6.07) is -0.719. The van der Waals surface area contributed by atoms with Gasteiger partial charge in [0.25, 0.3) is 0 Å². The van der Waals surface area contributed by atoms with Crippen LogP contribution in [0.3, 0.4) is 0 Å². The monoisotopic (exact) mass is 253 g/mol. The van der Waals surface area contributed by atoms with E-state index in [0.29, 0.717) is 0 Å². The molecule has 1 atom stereocenters. The standard InChI is InChI=1S/C11H15N3O4/c1-6-8(15)13-11(18)14(10(6)17)5-4-12-9(16)7-2-3-7/h6-7H,2-5H2,1H3,(H,12,16)(H,13,15,18). The van der Waals surface area contributed by atoms with Gasteiger partial charge >= 0.3 is 6.03 Å². The van der Waals surface area contributed by atoms with Gasteiger partial charge in [-0.1, -0.05) is 0 Å². The van der Waals surface area contributed by atoms with Gasteiger partial charge in [0.1, 0.15) is 5.92 Å². The van der Waals surface area contributed by atoms with Crippen LogP contribution in [0.1, 0.15) is 19.8 Å². The molecule has 0 bridgehead atoms. The molecule has 2 N–H and O–H groups in total. The third-order valence-corrected chi connectivity index (χ3v) is 3.09. The number of imide groups is 2. The maximum absolute atomic E-state index is 11.7. The van der Waals surface area contributed by atoms with Gasteiger partial charge < -0.3 is 5.32 Å². The molecule has 18 heavy (non-hydrogen) atoms. The van der Waals surface area contributed by atoms with E-state index in [1.165, 1.54) is 6.92 Å². The highest BCUT2D eigenvalue weighted by atomic mass is 16.2. The summed E-state index contributed by atoms with van der Waals surface area (Å²) in [5.74, 6) is -1.91. The van der Waals surface area contributed by atoms with E-state index in [-0.39, 0.29) is 24.9 Å². The number of hydrogen-bond donors (Lipinski definition) is 2. The number of rotatable bonds is 4. The van der Waals surface area contributed by atoms with Gasteiger partial charge in [-0.25, -0.2) is 4.79 Å². The predicted molar refractivity (Wildman–Crippen MR) is 60.1 cm³/mol. The third kappa shape index (κ3) is 2.49. The minimum absolute atomic E-state index is 0.0380. The van der Waals surface area contributed by atoms with E-state index < -0.39 is 23.8 Å². The fourth-order valence-electron chi connectivity index (χ4n) is 1.72. The van der Waals surface area contributed by atoms with Crippen LogP contribution in [-0.2, 0) is 14.4 Å². The number of barbiturate groups is 1. The third-order valence-electron chi connectivity index (χ3n) is 3.09. The molecule has 2 rings (SSSR count). The number of amides is 5. The number of urea groups is 1. The van der Waals surface area contributed by atoms with Gasteiger partial charge in [0.05, 0.1) is 0 Å². The van der Waals surface area contributed by atoms with E-state index >= 15 is 0 Å². The number of nitrogens with zero attached hydrogens (tertiary/aromatic N) is 1. The molecule has 1 aliphatic heterocycles. The maximum Gasteiger partial charge on any atom is 0.330 e. The molecule has 0 aromatic heterocycles. The van der Waals surface area contributed by atoms with Crippen molar-refractivity contribution in [1.82, 2.24) is 15.5 Å². The zero-order valence-corrected chi connectivity index (χ0v) is 10.1. The second-order valence-electron chi connectivity index (χ2n) is 4.57. The Labute approximate surface area is 104 Å². The first-order valence-electron chi connectivity index (χ1n) is 5.94. The Hall–Kier alpha value is -1.92. The maximum atomic E-state index is 11.7. The van der Waals surface area contributed by atoms with Gasteiger partial charge in [0.15, 0.2) is 0 Å². The number of nitrogens with one attached hydrogen (secondary N) is 2. The van der Waals surface area contributed by atoms with Crippen molar-refractivity contribution >= 4 is 23.8 Å². The molecule has 1 unspecified atom stereocenters. The summed E-state index contributed by atoms with van der Waals surface area (Å²) >= 11 is 0. The summed E-state index contributed by atoms with van der Waals surface area (Å²) in [6.07, 6.45) is 1.81. The average Bonchev–Trinajstić information content (AvgIpc) is 3.14. The molecule has 1 aliphatic carbocycles. The van der Waals surface area contributed by atoms with Crippen molar-refractivity contribution in [3.05, 3.63) is 0 Å². The topological polar surface area (TPSA) is 95.6 Å². The van der Waals surface area contributed by atoms with Crippen LogP contribution in [-0.4, -0.2) is 41.7 Å². The lowest BCUT2D eigenvalue weighted by Gasteiger charge is -2.28. The van der Waals surface area contributed by atoms with Crippen LogP contribution < -0.4 is 10.6 Å². The molecule has 0 aromatic carbocycles. The van der Waals surface area contributed by atoms with Crippen LogP contribution in [0.25, 0.3) is 0 Å². The first-order valence-corrected chi connectivity index (χ1v) is 5.94. The van der Waals surface area contributed by atoms with Crippen molar-refractivity contribution in [3.8, 4) is 0 Å². The van der Waals surface area contributed by atoms with Gasteiger partial charge in [0.2, 0.25) is 17.7 Å².